The van der Waals surface area contributed by atoms with Crippen LogP contribution >= 0.6 is 11.9 Å². The number of rotatable bonds is 13. The van der Waals surface area contributed by atoms with E-state index >= 15 is 0 Å². The molecule has 0 saturated carbocycles. The van der Waals surface area contributed by atoms with Gasteiger partial charge in [0.25, 0.3) is 0 Å². The van der Waals surface area contributed by atoms with Gasteiger partial charge in [-0.3, -0.25) is 4.79 Å². The number of carboxylic acid groups (broad SMARTS) is 1. The minimum Gasteiger partial charge on any atom is -0.480 e. The lowest BCUT2D eigenvalue weighted by molar-refractivity contribution is -0.142. The molecule has 6 N–H and O–H groups in total. The number of nitrogens with one attached hydrogen (secondary N) is 1. The van der Waals surface area contributed by atoms with Crippen LogP contribution in [0.4, 0.5) is 0 Å². The summed E-state index contributed by atoms with van der Waals surface area (Å²) in [6.45, 7) is 0.920. The molecule has 9 heteroatoms. The molecule has 0 aliphatic heterocycles. The van der Waals surface area contributed by atoms with Crippen molar-refractivity contribution in [3.63, 3.8) is 0 Å². The number of amides is 1. The maximum absolute atomic E-state index is 12.1. The summed E-state index contributed by atoms with van der Waals surface area (Å²) in [5.41, 5.74) is 10.8. The first-order valence-electron chi connectivity index (χ1n) is 6.94. The minimum atomic E-state index is -1.07. The monoisotopic (exact) mass is 320 g/mol. The van der Waals surface area contributed by atoms with Crippen LogP contribution in [0.3, 0.4) is 0 Å². The smallest absolute Gasteiger partial charge is 0.326 e. The van der Waals surface area contributed by atoms with Crippen LogP contribution in [-0.4, -0.2) is 41.9 Å². The summed E-state index contributed by atoms with van der Waals surface area (Å²) < 4.78 is 2.67. The third-order valence-electron chi connectivity index (χ3n) is 3.02. The van der Waals surface area contributed by atoms with Gasteiger partial charge in [-0.1, -0.05) is 0 Å². The molecular formula is C12H24N4O4S. The van der Waals surface area contributed by atoms with Crippen LogP contribution in [0.15, 0.2) is 4.58 Å². The molecule has 122 valence electrons. The number of aliphatic carboxylic acids is 1. The Morgan fingerprint density at radius 1 is 1.14 bits per heavy atom. The Hall–Kier alpha value is -1.19. The van der Waals surface area contributed by atoms with E-state index in [-0.39, 0.29) is 11.7 Å². The van der Waals surface area contributed by atoms with Gasteiger partial charge in [0.05, 0.1) is 0 Å². The number of carbonyl (C=O) groups is 2. The lowest BCUT2D eigenvalue weighted by Gasteiger charge is -2.19. The molecule has 1 amide bonds. The number of unbranched alkanes of at least 4 members (excludes halogenated alkanes) is 1. The molecule has 0 radical (unpaired) electrons. The summed E-state index contributed by atoms with van der Waals surface area (Å²) in [4.78, 5) is 33.4. The predicted octanol–water partition coefficient (Wildman–Crippen LogP) is 0.455. The van der Waals surface area contributed by atoms with Gasteiger partial charge in [-0.2, -0.15) is 0 Å². The lowest BCUT2D eigenvalue weighted by Crippen LogP contribution is -2.44. The highest BCUT2D eigenvalue weighted by Crippen LogP contribution is 2.15. The fraction of sp³-hybridized carbons (Fsp3) is 0.833. The number of nitrogens with zero attached hydrogens (tertiary/aromatic N) is 1. The number of nitroso groups, excluding NO2 is 1. The Morgan fingerprint density at radius 3 is 2.33 bits per heavy atom. The van der Waals surface area contributed by atoms with Crippen LogP contribution in [0.2, 0.25) is 0 Å². The topological polar surface area (TPSA) is 148 Å². The Kier molecular flexibility index (Phi) is 11.8. The van der Waals surface area contributed by atoms with Crippen LogP contribution in [-0.2, 0) is 9.59 Å². The van der Waals surface area contributed by atoms with E-state index in [0.29, 0.717) is 45.2 Å². The van der Waals surface area contributed by atoms with Crippen molar-refractivity contribution in [1.82, 2.24) is 5.32 Å². The van der Waals surface area contributed by atoms with Gasteiger partial charge < -0.3 is 21.9 Å². The summed E-state index contributed by atoms with van der Waals surface area (Å²) in [6.07, 6.45) is 2.80. The molecule has 0 heterocycles. The highest BCUT2D eigenvalue weighted by molar-refractivity contribution is 7.97. The Labute approximate surface area is 128 Å². The lowest BCUT2D eigenvalue weighted by atomic mass is 10.0. The van der Waals surface area contributed by atoms with Crippen LogP contribution in [0.25, 0.3) is 0 Å². The predicted molar refractivity (Wildman–Crippen MR) is 82.5 cm³/mol. The second-order valence-corrected chi connectivity index (χ2v) is 5.42. The van der Waals surface area contributed by atoms with E-state index in [2.05, 4.69) is 9.90 Å². The van der Waals surface area contributed by atoms with Crippen molar-refractivity contribution in [2.75, 3.05) is 18.8 Å². The van der Waals surface area contributed by atoms with Crippen molar-refractivity contribution in [3.05, 3.63) is 4.91 Å². The van der Waals surface area contributed by atoms with E-state index in [4.69, 9.17) is 16.6 Å². The van der Waals surface area contributed by atoms with Crippen LogP contribution in [0, 0.1) is 10.8 Å². The highest BCUT2D eigenvalue weighted by Gasteiger charge is 2.24. The molecule has 0 aromatic heterocycles. The van der Waals surface area contributed by atoms with Crippen LogP contribution in [0.1, 0.15) is 32.1 Å². The van der Waals surface area contributed by atoms with Gasteiger partial charge in [0.15, 0.2) is 0 Å². The molecule has 21 heavy (non-hydrogen) atoms. The van der Waals surface area contributed by atoms with Crippen molar-refractivity contribution in [1.29, 1.82) is 0 Å². The van der Waals surface area contributed by atoms with Crippen molar-refractivity contribution < 1.29 is 14.7 Å². The zero-order valence-corrected chi connectivity index (χ0v) is 12.8. The SMILES string of the molecule is NCCCC[C@H](NC(=O)[C@H](CCCN)CSN=O)C(=O)O. The molecule has 0 aromatic carbocycles. The molecule has 0 aliphatic carbocycles. The van der Waals surface area contributed by atoms with Gasteiger partial charge in [-0.05, 0) is 45.2 Å². The molecule has 0 saturated heterocycles. The van der Waals surface area contributed by atoms with E-state index in [0.717, 1.165) is 11.9 Å². The van der Waals surface area contributed by atoms with Gasteiger partial charge in [0.2, 0.25) is 5.91 Å². The Balaban J connectivity index is 4.49. The molecule has 2 atom stereocenters. The first-order chi connectivity index (χ1) is 10.1. The number of carboxylic acids is 1. The first-order valence-corrected chi connectivity index (χ1v) is 7.89. The summed E-state index contributed by atoms with van der Waals surface area (Å²) in [6, 6.07) is -0.932. The van der Waals surface area contributed by atoms with E-state index in [9.17, 15) is 14.5 Å². The Bertz CT molecular complexity index is 330. The number of carbonyl (C=O) groups excluding carboxylic acids is 1. The van der Waals surface area contributed by atoms with Crippen molar-refractivity contribution in [3.8, 4) is 0 Å². The maximum atomic E-state index is 12.1. The average molecular weight is 320 g/mol. The molecule has 0 rings (SSSR count). The molecule has 8 nitrogen and oxygen atoms in total. The standard InChI is InChI=1S/C12H24N4O4S/c13-6-2-1-5-10(12(18)19)15-11(17)9(4-3-7-14)8-21-16-20/h9-10H,1-8,13-14H2,(H,15,17)(H,18,19)/t9-,10+/m1/s1. The van der Waals surface area contributed by atoms with E-state index in [1.165, 1.54) is 0 Å². The molecular weight excluding hydrogens is 296 g/mol. The zero-order valence-electron chi connectivity index (χ0n) is 12.0. The van der Waals surface area contributed by atoms with Gasteiger partial charge in [0, 0.05) is 28.2 Å². The number of nitrogens with two attached hydrogens (primary N) is 2. The minimum absolute atomic E-state index is 0.227. The van der Waals surface area contributed by atoms with Crippen molar-refractivity contribution in [2.24, 2.45) is 22.0 Å². The highest BCUT2D eigenvalue weighted by atomic mass is 32.2. The molecule has 0 unspecified atom stereocenters. The zero-order chi connectivity index (χ0) is 16.1. The second kappa shape index (κ2) is 12.5. The summed E-state index contributed by atoms with van der Waals surface area (Å²) in [7, 11) is 0. The Morgan fingerprint density at radius 2 is 1.81 bits per heavy atom. The third-order valence-corrected chi connectivity index (χ3v) is 3.67. The van der Waals surface area contributed by atoms with Crippen molar-refractivity contribution in [2.45, 2.75) is 38.1 Å². The van der Waals surface area contributed by atoms with Gasteiger partial charge in [-0.25, -0.2) is 4.79 Å². The second-order valence-electron chi connectivity index (χ2n) is 4.68. The maximum Gasteiger partial charge on any atom is 0.326 e. The largest absolute Gasteiger partial charge is 0.480 e. The third kappa shape index (κ3) is 9.38. The van der Waals surface area contributed by atoms with E-state index in [1.807, 2.05) is 0 Å². The molecule has 0 aliphatic rings. The fourth-order valence-corrected chi connectivity index (χ4v) is 2.37. The summed E-state index contributed by atoms with van der Waals surface area (Å²) in [5.74, 6) is -1.68. The molecule has 0 bridgehead atoms. The summed E-state index contributed by atoms with van der Waals surface area (Å²) >= 11 is 0.756. The number of hydrogen-bond acceptors (Lipinski definition) is 7. The van der Waals surface area contributed by atoms with Crippen molar-refractivity contribution >= 4 is 23.8 Å². The van der Waals surface area contributed by atoms with Gasteiger partial charge in [-0.15, -0.1) is 4.91 Å². The average Bonchev–Trinajstić information content (AvgIpc) is 2.46. The quantitative estimate of drug-likeness (QED) is 0.219. The van der Waals surface area contributed by atoms with Gasteiger partial charge >= 0.3 is 5.97 Å². The first kappa shape index (κ1) is 19.8. The fourth-order valence-electron chi connectivity index (χ4n) is 1.81. The van der Waals surface area contributed by atoms with Gasteiger partial charge in [0.1, 0.15) is 6.04 Å². The van der Waals surface area contributed by atoms with Crippen LogP contribution < -0.4 is 16.8 Å². The van der Waals surface area contributed by atoms with Crippen LogP contribution in [0.5, 0.6) is 0 Å². The molecule has 0 aromatic rings. The normalized spacial score (nSPS) is 13.4. The molecule has 0 spiro atoms. The van der Waals surface area contributed by atoms with E-state index < -0.39 is 17.9 Å². The summed E-state index contributed by atoms with van der Waals surface area (Å²) in [5, 5.41) is 11.6. The number of hydrogen-bond donors (Lipinski definition) is 4. The molecule has 0 fully saturated rings. The van der Waals surface area contributed by atoms with E-state index in [1.54, 1.807) is 0 Å².